The summed E-state index contributed by atoms with van der Waals surface area (Å²) in [5, 5.41) is 17.8. The van der Waals surface area contributed by atoms with Crippen LogP contribution in [-0.4, -0.2) is 36.9 Å². The first-order chi connectivity index (χ1) is 7.47. The van der Waals surface area contributed by atoms with Crippen molar-refractivity contribution in [2.45, 2.75) is 23.8 Å². The summed E-state index contributed by atoms with van der Waals surface area (Å²) in [4.78, 5) is 0. The molecule has 1 aliphatic rings. The van der Waals surface area contributed by atoms with E-state index in [1.54, 1.807) is 6.20 Å². The standard InChI is InChI=1S/C7H12BN3O4S/c9-16(13,14)7-2-4-11(10-7)6-1-3-8(12)15-5-6/h2,4,6,12H,1,3,5H2,(H2,9,13,14). The Morgan fingerprint density at radius 1 is 1.69 bits per heavy atom. The molecule has 1 atom stereocenters. The number of nitrogens with two attached hydrogens (primary N) is 1. The van der Waals surface area contributed by atoms with E-state index in [4.69, 9.17) is 14.8 Å². The van der Waals surface area contributed by atoms with E-state index in [0.29, 0.717) is 19.3 Å². The van der Waals surface area contributed by atoms with Crippen LogP contribution < -0.4 is 5.14 Å². The van der Waals surface area contributed by atoms with Gasteiger partial charge in [0.25, 0.3) is 10.0 Å². The number of aromatic nitrogens is 2. The Balaban J connectivity index is 2.14. The van der Waals surface area contributed by atoms with E-state index >= 15 is 0 Å². The van der Waals surface area contributed by atoms with Crippen molar-refractivity contribution in [2.24, 2.45) is 5.14 Å². The lowest BCUT2D eigenvalue weighted by Crippen LogP contribution is -2.30. The van der Waals surface area contributed by atoms with Gasteiger partial charge in [0.05, 0.1) is 12.6 Å². The fraction of sp³-hybridized carbons (Fsp3) is 0.571. The Hall–Kier alpha value is -0.895. The molecule has 0 radical (unpaired) electrons. The number of hydrogen-bond acceptors (Lipinski definition) is 5. The summed E-state index contributed by atoms with van der Waals surface area (Å²) >= 11 is 0. The van der Waals surface area contributed by atoms with Gasteiger partial charge in [0.1, 0.15) is 0 Å². The topological polar surface area (TPSA) is 107 Å². The maximum Gasteiger partial charge on any atom is 0.454 e. The van der Waals surface area contributed by atoms with Crippen LogP contribution in [0.4, 0.5) is 0 Å². The van der Waals surface area contributed by atoms with Gasteiger partial charge in [0.15, 0.2) is 5.03 Å². The van der Waals surface area contributed by atoms with Crippen LogP contribution in [0.15, 0.2) is 17.3 Å². The lowest BCUT2D eigenvalue weighted by atomic mass is 9.79. The smallest absolute Gasteiger partial charge is 0.427 e. The Morgan fingerprint density at radius 2 is 2.44 bits per heavy atom. The average molecular weight is 245 g/mol. The third-order valence-corrected chi connectivity index (χ3v) is 3.28. The van der Waals surface area contributed by atoms with Crippen LogP contribution in [0.5, 0.6) is 0 Å². The molecule has 7 nitrogen and oxygen atoms in total. The summed E-state index contributed by atoms with van der Waals surface area (Å²) < 4.78 is 28.6. The molecule has 0 bridgehead atoms. The molecule has 0 spiro atoms. The van der Waals surface area contributed by atoms with Crippen LogP contribution in [0.25, 0.3) is 0 Å². The Bertz CT molecular complexity index is 466. The number of rotatable bonds is 2. The van der Waals surface area contributed by atoms with Crippen molar-refractivity contribution in [3.63, 3.8) is 0 Å². The van der Waals surface area contributed by atoms with E-state index in [9.17, 15) is 8.42 Å². The highest BCUT2D eigenvalue weighted by molar-refractivity contribution is 7.89. The average Bonchev–Trinajstić information content (AvgIpc) is 2.67. The van der Waals surface area contributed by atoms with Gasteiger partial charge in [-0.15, -0.1) is 0 Å². The van der Waals surface area contributed by atoms with E-state index in [2.05, 4.69) is 5.10 Å². The molecule has 0 aromatic carbocycles. The SMILES string of the molecule is NS(=O)(=O)c1ccn(C2CCB(O)OC2)n1. The van der Waals surface area contributed by atoms with Crippen LogP contribution in [0.3, 0.4) is 0 Å². The molecule has 1 aliphatic heterocycles. The second kappa shape index (κ2) is 4.17. The molecule has 2 rings (SSSR count). The molecule has 0 amide bonds. The highest BCUT2D eigenvalue weighted by Crippen LogP contribution is 2.21. The number of sulfonamides is 1. The summed E-state index contributed by atoms with van der Waals surface area (Å²) in [7, 11) is -4.49. The van der Waals surface area contributed by atoms with Gasteiger partial charge in [-0.1, -0.05) is 0 Å². The monoisotopic (exact) mass is 245 g/mol. The van der Waals surface area contributed by atoms with Gasteiger partial charge in [-0.3, -0.25) is 4.68 Å². The number of primary sulfonamides is 1. The lowest BCUT2D eigenvalue weighted by molar-refractivity contribution is 0.172. The van der Waals surface area contributed by atoms with Gasteiger partial charge < -0.3 is 9.68 Å². The first-order valence-corrected chi connectivity index (χ1v) is 6.39. The van der Waals surface area contributed by atoms with Crippen molar-refractivity contribution in [3.8, 4) is 0 Å². The van der Waals surface area contributed by atoms with Crippen LogP contribution in [0.1, 0.15) is 12.5 Å². The van der Waals surface area contributed by atoms with Gasteiger partial charge >= 0.3 is 7.12 Å². The molecule has 3 N–H and O–H groups in total. The first kappa shape index (κ1) is 11.6. The van der Waals surface area contributed by atoms with Gasteiger partial charge in [-0.25, -0.2) is 13.6 Å². The summed E-state index contributed by atoms with van der Waals surface area (Å²) in [5.41, 5.74) is 0. The molecule has 16 heavy (non-hydrogen) atoms. The maximum atomic E-state index is 11.0. The zero-order valence-electron chi connectivity index (χ0n) is 8.48. The van der Waals surface area contributed by atoms with Crippen molar-refractivity contribution in [2.75, 3.05) is 6.61 Å². The molecule has 0 aliphatic carbocycles. The predicted molar refractivity (Wildman–Crippen MR) is 56.0 cm³/mol. The summed E-state index contributed by atoms with van der Waals surface area (Å²) in [6.45, 7) is 0.312. The summed E-state index contributed by atoms with van der Waals surface area (Å²) in [5.74, 6) is 0. The van der Waals surface area contributed by atoms with Crippen LogP contribution in [0, 0.1) is 0 Å². The number of hydrogen-bond donors (Lipinski definition) is 2. The normalized spacial score (nSPS) is 22.4. The number of nitrogens with zero attached hydrogens (tertiary/aromatic N) is 2. The Labute approximate surface area is 93.4 Å². The van der Waals surface area contributed by atoms with Crippen molar-refractivity contribution in [1.29, 1.82) is 0 Å². The quantitative estimate of drug-likeness (QED) is 0.648. The molecule has 1 aromatic heterocycles. The molecule has 9 heteroatoms. The molecule has 0 saturated carbocycles. The van der Waals surface area contributed by atoms with Gasteiger partial charge in [0.2, 0.25) is 0 Å². The fourth-order valence-electron chi connectivity index (χ4n) is 1.61. The van der Waals surface area contributed by atoms with Crippen LogP contribution in [-0.2, 0) is 14.7 Å². The molecule has 88 valence electrons. The maximum absolute atomic E-state index is 11.0. The van der Waals surface area contributed by atoms with E-state index in [1.165, 1.54) is 10.7 Å². The van der Waals surface area contributed by atoms with Gasteiger partial charge in [-0.05, 0) is 18.8 Å². The van der Waals surface area contributed by atoms with E-state index < -0.39 is 17.1 Å². The van der Waals surface area contributed by atoms with Crippen molar-refractivity contribution < 1.29 is 18.1 Å². The highest BCUT2D eigenvalue weighted by Gasteiger charge is 2.26. The second-order valence-electron chi connectivity index (χ2n) is 3.70. The van der Waals surface area contributed by atoms with E-state index in [-0.39, 0.29) is 11.1 Å². The minimum Gasteiger partial charge on any atom is -0.427 e. The highest BCUT2D eigenvalue weighted by atomic mass is 32.2. The summed E-state index contributed by atoms with van der Waals surface area (Å²) in [6.07, 6.45) is 2.74. The third kappa shape index (κ3) is 2.43. The molecule has 1 saturated heterocycles. The molecule has 1 aromatic rings. The predicted octanol–water partition coefficient (Wildman–Crippen LogP) is -1.03. The Kier molecular flexibility index (Phi) is 3.02. The molecule has 1 fully saturated rings. The minimum atomic E-state index is -3.75. The van der Waals surface area contributed by atoms with Gasteiger partial charge in [0, 0.05) is 6.20 Å². The van der Waals surface area contributed by atoms with Gasteiger partial charge in [-0.2, -0.15) is 5.10 Å². The first-order valence-electron chi connectivity index (χ1n) is 4.84. The van der Waals surface area contributed by atoms with E-state index in [1.807, 2.05) is 0 Å². The molecular weight excluding hydrogens is 233 g/mol. The third-order valence-electron chi connectivity index (χ3n) is 2.48. The lowest BCUT2D eigenvalue weighted by Gasteiger charge is -2.24. The molecular formula is C7H12BN3O4S. The zero-order valence-corrected chi connectivity index (χ0v) is 9.30. The second-order valence-corrected chi connectivity index (χ2v) is 5.21. The molecule has 1 unspecified atom stereocenters. The van der Waals surface area contributed by atoms with Crippen LogP contribution >= 0.6 is 0 Å². The Morgan fingerprint density at radius 3 is 2.94 bits per heavy atom. The molecule has 2 heterocycles. The fourth-order valence-corrected chi connectivity index (χ4v) is 2.07. The van der Waals surface area contributed by atoms with Crippen LogP contribution in [0.2, 0.25) is 6.32 Å². The van der Waals surface area contributed by atoms with E-state index in [0.717, 1.165) is 0 Å². The summed E-state index contributed by atoms with van der Waals surface area (Å²) in [6, 6.07) is 1.29. The minimum absolute atomic E-state index is 0.0566. The van der Waals surface area contributed by atoms with Crippen molar-refractivity contribution in [1.82, 2.24) is 9.78 Å². The van der Waals surface area contributed by atoms with Crippen molar-refractivity contribution in [3.05, 3.63) is 12.3 Å². The largest absolute Gasteiger partial charge is 0.454 e. The van der Waals surface area contributed by atoms with Crippen molar-refractivity contribution >= 4 is 17.1 Å². The zero-order chi connectivity index (χ0) is 11.8.